The number of rotatable bonds is 12. The van der Waals surface area contributed by atoms with Crippen molar-refractivity contribution in [3.63, 3.8) is 0 Å². The van der Waals surface area contributed by atoms with Crippen LogP contribution in [0, 0.1) is 11.8 Å². The van der Waals surface area contributed by atoms with Crippen LogP contribution in [0.5, 0.6) is 5.75 Å². The van der Waals surface area contributed by atoms with E-state index in [1.165, 1.54) is 37.7 Å². The summed E-state index contributed by atoms with van der Waals surface area (Å²) in [6.45, 7) is 8.48. The Morgan fingerprint density at radius 1 is 1.14 bits per heavy atom. The Balaban J connectivity index is 1.66. The third-order valence-corrected chi connectivity index (χ3v) is 7.89. The Morgan fingerprint density at radius 2 is 1.97 bits per heavy atom. The molecule has 4 rings (SSSR count). The quantitative estimate of drug-likeness (QED) is 0.355. The van der Waals surface area contributed by atoms with Gasteiger partial charge < -0.3 is 19.7 Å². The van der Waals surface area contributed by atoms with Crippen LogP contribution in [0.4, 0.5) is 0 Å². The molecule has 1 amide bonds. The number of ether oxygens (including phenoxy) is 2. The van der Waals surface area contributed by atoms with Crippen molar-refractivity contribution in [2.75, 3.05) is 40.0 Å². The van der Waals surface area contributed by atoms with Gasteiger partial charge in [-0.1, -0.05) is 45.2 Å². The number of hydrogen-bond acceptors (Lipinski definition) is 5. The first kappa shape index (κ1) is 27.8. The van der Waals surface area contributed by atoms with Crippen molar-refractivity contribution in [2.24, 2.45) is 11.8 Å². The zero-order chi connectivity index (χ0) is 26.0. The van der Waals surface area contributed by atoms with Crippen LogP contribution in [-0.4, -0.2) is 61.8 Å². The highest BCUT2D eigenvalue weighted by Crippen LogP contribution is 2.31. The zero-order valence-corrected chi connectivity index (χ0v) is 23.3. The van der Waals surface area contributed by atoms with Gasteiger partial charge in [-0.15, -0.1) is 0 Å². The maximum Gasteiger partial charge on any atom is 0.272 e. The van der Waals surface area contributed by atoms with Crippen molar-refractivity contribution >= 4 is 16.8 Å². The molecule has 1 N–H and O–H groups in total. The SMILES string of the molecule is COCCCCc1cc(C(=O)N(CC(C)C)[C@@H]2CCCNC2)nc2c(OCC3CCCCC3)cccc12. The van der Waals surface area contributed by atoms with Gasteiger partial charge in [0, 0.05) is 38.2 Å². The minimum atomic E-state index is 0.0459. The number of hydrogen-bond donors (Lipinski definition) is 1. The Labute approximate surface area is 223 Å². The summed E-state index contributed by atoms with van der Waals surface area (Å²) in [5.41, 5.74) is 2.56. The van der Waals surface area contributed by atoms with E-state index in [0.717, 1.165) is 81.6 Å². The van der Waals surface area contributed by atoms with Crippen molar-refractivity contribution in [3.8, 4) is 5.75 Å². The molecule has 1 saturated carbocycles. The summed E-state index contributed by atoms with van der Waals surface area (Å²) in [4.78, 5) is 21.1. The maximum atomic E-state index is 14.0. The van der Waals surface area contributed by atoms with E-state index < -0.39 is 0 Å². The molecule has 1 aromatic carbocycles. The van der Waals surface area contributed by atoms with Gasteiger partial charge in [0.1, 0.15) is 17.0 Å². The molecule has 6 heteroatoms. The number of methoxy groups -OCH3 is 1. The number of para-hydroxylation sites is 1. The molecule has 1 aliphatic carbocycles. The minimum absolute atomic E-state index is 0.0459. The Kier molecular flexibility index (Phi) is 10.6. The fourth-order valence-corrected chi connectivity index (χ4v) is 5.89. The van der Waals surface area contributed by atoms with E-state index in [1.54, 1.807) is 7.11 Å². The first-order valence-corrected chi connectivity index (χ1v) is 14.6. The second-order valence-corrected chi connectivity index (χ2v) is 11.4. The number of carbonyl (C=O) groups is 1. The van der Waals surface area contributed by atoms with Gasteiger partial charge >= 0.3 is 0 Å². The van der Waals surface area contributed by atoms with Crippen molar-refractivity contribution in [1.82, 2.24) is 15.2 Å². The normalized spacial score (nSPS) is 18.9. The number of aryl methyl sites for hydroxylation is 1. The van der Waals surface area contributed by atoms with Crippen LogP contribution in [-0.2, 0) is 11.2 Å². The average Bonchev–Trinajstić information content (AvgIpc) is 2.93. The highest BCUT2D eigenvalue weighted by atomic mass is 16.5. The monoisotopic (exact) mass is 509 g/mol. The topological polar surface area (TPSA) is 63.7 Å². The summed E-state index contributed by atoms with van der Waals surface area (Å²) in [6, 6.07) is 8.49. The number of pyridine rings is 1. The molecule has 0 bridgehead atoms. The Bertz CT molecular complexity index is 997. The number of benzene rings is 1. The van der Waals surface area contributed by atoms with Crippen LogP contribution in [0.25, 0.3) is 10.9 Å². The zero-order valence-electron chi connectivity index (χ0n) is 23.3. The molecule has 1 atom stereocenters. The van der Waals surface area contributed by atoms with E-state index in [-0.39, 0.29) is 11.9 Å². The van der Waals surface area contributed by atoms with Gasteiger partial charge in [0.25, 0.3) is 5.91 Å². The molecule has 204 valence electrons. The number of carbonyl (C=O) groups excluding carboxylic acids is 1. The molecule has 2 aromatic rings. The fourth-order valence-electron chi connectivity index (χ4n) is 5.89. The van der Waals surface area contributed by atoms with Crippen molar-refractivity contribution in [1.29, 1.82) is 0 Å². The minimum Gasteiger partial charge on any atom is -0.491 e. The second-order valence-electron chi connectivity index (χ2n) is 11.4. The molecule has 1 aliphatic heterocycles. The Hall–Kier alpha value is -2.18. The number of aromatic nitrogens is 1. The van der Waals surface area contributed by atoms with Crippen molar-refractivity contribution in [2.45, 2.75) is 84.1 Å². The van der Waals surface area contributed by atoms with Gasteiger partial charge in [-0.3, -0.25) is 4.79 Å². The molecular weight excluding hydrogens is 462 g/mol. The van der Waals surface area contributed by atoms with Crippen LogP contribution in [0.1, 0.15) is 87.7 Å². The molecule has 2 heterocycles. The third-order valence-electron chi connectivity index (χ3n) is 7.89. The highest BCUT2D eigenvalue weighted by Gasteiger charge is 2.28. The highest BCUT2D eigenvalue weighted by molar-refractivity contribution is 5.97. The summed E-state index contributed by atoms with van der Waals surface area (Å²) >= 11 is 0. The molecule has 1 saturated heterocycles. The lowest BCUT2D eigenvalue weighted by Crippen LogP contribution is -2.50. The average molecular weight is 510 g/mol. The summed E-state index contributed by atoms with van der Waals surface area (Å²) < 4.78 is 11.7. The number of fused-ring (bicyclic) bond motifs is 1. The number of nitrogens with zero attached hydrogens (tertiary/aromatic N) is 2. The van der Waals surface area contributed by atoms with E-state index in [0.29, 0.717) is 17.5 Å². The molecule has 6 nitrogen and oxygen atoms in total. The number of amides is 1. The van der Waals surface area contributed by atoms with Gasteiger partial charge in [-0.2, -0.15) is 0 Å². The van der Waals surface area contributed by atoms with E-state index in [1.807, 2.05) is 12.1 Å². The predicted molar refractivity (Wildman–Crippen MR) is 150 cm³/mol. The summed E-state index contributed by atoms with van der Waals surface area (Å²) in [5.74, 6) is 1.87. The molecule has 2 fully saturated rings. The summed E-state index contributed by atoms with van der Waals surface area (Å²) in [5, 5.41) is 4.59. The smallest absolute Gasteiger partial charge is 0.272 e. The van der Waals surface area contributed by atoms with E-state index in [2.05, 4.69) is 36.2 Å². The number of piperidine rings is 1. The lowest BCUT2D eigenvalue weighted by atomic mass is 9.90. The van der Waals surface area contributed by atoms with Crippen molar-refractivity contribution < 1.29 is 14.3 Å². The number of unbranched alkanes of at least 4 members (excludes halogenated alkanes) is 1. The fraction of sp³-hybridized carbons (Fsp3) is 0.677. The van der Waals surface area contributed by atoms with E-state index in [4.69, 9.17) is 14.5 Å². The van der Waals surface area contributed by atoms with Crippen molar-refractivity contribution in [3.05, 3.63) is 35.5 Å². The molecule has 0 unspecified atom stereocenters. The van der Waals surface area contributed by atoms with Crippen LogP contribution >= 0.6 is 0 Å². The van der Waals surface area contributed by atoms with E-state index >= 15 is 0 Å². The summed E-state index contributed by atoms with van der Waals surface area (Å²) in [6.07, 6.45) is 11.5. The van der Waals surface area contributed by atoms with Crippen LogP contribution < -0.4 is 10.1 Å². The largest absolute Gasteiger partial charge is 0.491 e. The Morgan fingerprint density at radius 3 is 2.70 bits per heavy atom. The number of nitrogens with one attached hydrogen (secondary N) is 1. The van der Waals surface area contributed by atoms with Gasteiger partial charge in [0.05, 0.1) is 6.61 Å². The van der Waals surface area contributed by atoms with Gasteiger partial charge in [-0.05, 0) is 81.0 Å². The first-order chi connectivity index (χ1) is 18.1. The lowest BCUT2D eigenvalue weighted by Gasteiger charge is -2.35. The summed E-state index contributed by atoms with van der Waals surface area (Å²) in [7, 11) is 1.75. The molecule has 2 aliphatic rings. The lowest BCUT2D eigenvalue weighted by molar-refractivity contribution is 0.0614. The standard InChI is InChI=1S/C31H47N3O3/c1-23(2)21-34(26-14-10-17-32-20-26)31(35)28-19-25(13-7-8-18-36-3)27-15-9-16-29(30(27)33-28)37-22-24-11-5-4-6-12-24/h9,15-16,19,23-24,26,32H,4-8,10-14,17-18,20-22H2,1-3H3/t26-/m1/s1. The molecule has 37 heavy (non-hydrogen) atoms. The van der Waals surface area contributed by atoms with Gasteiger partial charge in [0.15, 0.2) is 0 Å². The molecule has 1 aromatic heterocycles. The molecule has 0 radical (unpaired) electrons. The van der Waals surface area contributed by atoms with Crippen LogP contribution in [0.3, 0.4) is 0 Å². The second kappa shape index (κ2) is 14.1. The van der Waals surface area contributed by atoms with Gasteiger partial charge in [-0.25, -0.2) is 4.98 Å². The first-order valence-electron chi connectivity index (χ1n) is 14.6. The van der Waals surface area contributed by atoms with E-state index in [9.17, 15) is 4.79 Å². The predicted octanol–water partition coefficient (Wildman–Crippen LogP) is 6.01. The van der Waals surface area contributed by atoms with Crippen LogP contribution in [0.15, 0.2) is 24.3 Å². The third kappa shape index (κ3) is 7.67. The molecule has 0 spiro atoms. The maximum absolute atomic E-state index is 14.0. The molecular formula is C31H47N3O3. The van der Waals surface area contributed by atoms with Gasteiger partial charge in [0.2, 0.25) is 0 Å². The van der Waals surface area contributed by atoms with Crippen LogP contribution in [0.2, 0.25) is 0 Å².